The second-order valence-electron chi connectivity index (χ2n) is 8.25. The quantitative estimate of drug-likeness (QED) is 0.471. The van der Waals surface area contributed by atoms with Gasteiger partial charge in [-0.15, -0.1) is 0 Å². The lowest BCUT2D eigenvalue weighted by Gasteiger charge is -2.35. The number of piperazine rings is 1. The number of para-hydroxylation sites is 1. The van der Waals surface area contributed by atoms with Gasteiger partial charge in [0.2, 0.25) is 11.9 Å². The highest BCUT2D eigenvalue weighted by Crippen LogP contribution is 2.27. The highest BCUT2D eigenvalue weighted by atomic mass is 19.1. The van der Waals surface area contributed by atoms with Gasteiger partial charge in [0.1, 0.15) is 17.2 Å². The summed E-state index contributed by atoms with van der Waals surface area (Å²) in [6, 6.07) is 15.7. The predicted octanol–water partition coefficient (Wildman–Crippen LogP) is 2.53. The minimum absolute atomic E-state index is 0.0471. The molecule has 3 heterocycles. The van der Waals surface area contributed by atoms with Gasteiger partial charge >= 0.3 is 0 Å². The van der Waals surface area contributed by atoms with Crippen molar-refractivity contribution in [3.63, 3.8) is 0 Å². The lowest BCUT2D eigenvalue weighted by Crippen LogP contribution is -2.50. The average Bonchev–Trinajstić information content (AvgIpc) is 3.28. The Labute approximate surface area is 196 Å². The summed E-state index contributed by atoms with van der Waals surface area (Å²) < 4.78 is 13.3. The number of carbonyl (C=O) groups excluding carboxylic acids is 1. The molecular formula is C24H25FN8O. The van der Waals surface area contributed by atoms with Crippen LogP contribution in [0.2, 0.25) is 0 Å². The van der Waals surface area contributed by atoms with E-state index in [2.05, 4.69) is 29.7 Å². The van der Waals surface area contributed by atoms with Crippen LogP contribution < -0.4 is 15.5 Å². The number of nitrogens with zero attached hydrogens (tertiary/aromatic N) is 6. The number of hydrogen-bond acceptors (Lipinski definition) is 7. The van der Waals surface area contributed by atoms with Crippen molar-refractivity contribution in [1.82, 2.24) is 24.8 Å². The van der Waals surface area contributed by atoms with Crippen LogP contribution in [-0.2, 0) is 4.79 Å². The highest BCUT2D eigenvalue weighted by Gasteiger charge is 2.24. The number of nitrogen functional groups attached to an aromatic ring is 1. The molecule has 5 rings (SSSR count). The Morgan fingerprint density at radius 3 is 2.44 bits per heavy atom. The molecule has 0 spiro atoms. The molecule has 0 bridgehead atoms. The van der Waals surface area contributed by atoms with Gasteiger partial charge in [0, 0.05) is 44.5 Å². The number of halogens is 1. The van der Waals surface area contributed by atoms with Crippen LogP contribution in [0.4, 0.5) is 21.8 Å². The van der Waals surface area contributed by atoms with Crippen molar-refractivity contribution >= 4 is 34.5 Å². The van der Waals surface area contributed by atoms with Crippen LogP contribution in [0.15, 0.2) is 54.6 Å². The molecule has 3 N–H and O–H groups in total. The number of H-pyrrole nitrogens is 1. The summed E-state index contributed by atoms with van der Waals surface area (Å²) in [6.07, 6.45) is 0. The number of fused-ring (bicyclic) bond motifs is 1. The maximum Gasteiger partial charge on any atom is 0.240 e. The van der Waals surface area contributed by atoms with Gasteiger partial charge in [-0.1, -0.05) is 18.2 Å². The molecule has 0 unspecified atom stereocenters. The molecule has 0 aliphatic carbocycles. The second-order valence-corrected chi connectivity index (χ2v) is 8.25. The molecule has 1 saturated heterocycles. The van der Waals surface area contributed by atoms with Crippen LogP contribution in [0, 0.1) is 5.82 Å². The maximum atomic E-state index is 13.3. The van der Waals surface area contributed by atoms with Gasteiger partial charge in [-0.05, 0) is 36.4 Å². The molecule has 0 atom stereocenters. The first-order valence-corrected chi connectivity index (χ1v) is 11.1. The number of anilines is 3. The molecule has 0 saturated carbocycles. The van der Waals surface area contributed by atoms with E-state index in [1.54, 1.807) is 24.1 Å². The monoisotopic (exact) mass is 460 g/mol. The number of amides is 1. The van der Waals surface area contributed by atoms with Crippen molar-refractivity contribution in [3.8, 4) is 11.4 Å². The summed E-state index contributed by atoms with van der Waals surface area (Å²) >= 11 is 0. The highest BCUT2D eigenvalue weighted by molar-refractivity contribution is 5.94. The number of benzene rings is 2. The Morgan fingerprint density at radius 1 is 1.03 bits per heavy atom. The molecule has 174 valence electrons. The van der Waals surface area contributed by atoms with E-state index in [0.717, 1.165) is 11.3 Å². The third-order valence-corrected chi connectivity index (χ3v) is 6.02. The third-order valence-electron chi connectivity index (χ3n) is 6.02. The first-order chi connectivity index (χ1) is 16.5. The zero-order chi connectivity index (χ0) is 23.7. The molecule has 1 aliphatic heterocycles. The summed E-state index contributed by atoms with van der Waals surface area (Å²) in [5.41, 5.74) is 8.73. The first-order valence-electron chi connectivity index (χ1n) is 11.1. The number of nitrogens with one attached hydrogen (secondary N) is 1. The van der Waals surface area contributed by atoms with E-state index in [-0.39, 0.29) is 17.7 Å². The van der Waals surface area contributed by atoms with Gasteiger partial charge in [0.15, 0.2) is 11.5 Å². The number of aromatic nitrogens is 4. The maximum absolute atomic E-state index is 13.3. The van der Waals surface area contributed by atoms with Crippen LogP contribution in [0.5, 0.6) is 0 Å². The SMILES string of the molecule is CN(C(=O)CN1CCN(c2nc(N)nc3nc(-c4ccc(F)cc4)[nH]c23)CC1)c1ccccc1. The van der Waals surface area contributed by atoms with E-state index in [1.165, 1.54) is 12.1 Å². The summed E-state index contributed by atoms with van der Waals surface area (Å²) in [4.78, 5) is 35.2. The second kappa shape index (κ2) is 9.06. The van der Waals surface area contributed by atoms with Gasteiger partial charge in [0.25, 0.3) is 0 Å². The zero-order valence-electron chi connectivity index (χ0n) is 18.8. The van der Waals surface area contributed by atoms with E-state index in [4.69, 9.17) is 5.73 Å². The standard InChI is InChI=1S/C24H25FN8O/c1-31(18-5-3-2-4-6-18)19(34)15-32-11-13-33(14-12-32)23-20-22(29-24(26)30-23)28-21(27-20)16-7-9-17(25)10-8-16/h2-10H,11-15H2,1H3,(H3,26,27,28,29,30). The number of hydrogen-bond donors (Lipinski definition) is 2. The summed E-state index contributed by atoms with van der Waals surface area (Å²) in [6.45, 7) is 3.12. The molecule has 1 aliphatic rings. The van der Waals surface area contributed by atoms with E-state index in [1.807, 2.05) is 30.3 Å². The zero-order valence-corrected chi connectivity index (χ0v) is 18.8. The summed E-state index contributed by atoms with van der Waals surface area (Å²) in [7, 11) is 1.80. The largest absolute Gasteiger partial charge is 0.368 e. The van der Waals surface area contributed by atoms with Crippen LogP contribution in [0.25, 0.3) is 22.6 Å². The lowest BCUT2D eigenvalue weighted by molar-refractivity contribution is -0.119. The lowest BCUT2D eigenvalue weighted by atomic mass is 10.2. The summed E-state index contributed by atoms with van der Waals surface area (Å²) in [5.74, 6) is 1.13. The van der Waals surface area contributed by atoms with Crippen molar-refractivity contribution in [2.24, 2.45) is 0 Å². The molecular weight excluding hydrogens is 435 g/mol. The van der Waals surface area contributed by atoms with Gasteiger partial charge in [-0.3, -0.25) is 9.69 Å². The van der Waals surface area contributed by atoms with E-state index < -0.39 is 0 Å². The molecule has 1 amide bonds. The Bertz CT molecular complexity index is 1300. The molecule has 4 aromatic rings. The van der Waals surface area contributed by atoms with Crippen LogP contribution in [-0.4, -0.2) is 70.5 Å². The van der Waals surface area contributed by atoms with E-state index >= 15 is 0 Å². The molecule has 9 nitrogen and oxygen atoms in total. The average molecular weight is 461 g/mol. The normalized spacial score (nSPS) is 14.5. The Balaban J connectivity index is 1.30. The fourth-order valence-corrected chi connectivity index (χ4v) is 4.08. The fourth-order valence-electron chi connectivity index (χ4n) is 4.08. The van der Waals surface area contributed by atoms with Crippen LogP contribution >= 0.6 is 0 Å². The minimum atomic E-state index is -0.309. The number of imidazole rings is 1. The Hall–Kier alpha value is -4.05. The third kappa shape index (κ3) is 4.40. The first kappa shape index (κ1) is 21.8. The molecule has 0 radical (unpaired) electrons. The van der Waals surface area contributed by atoms with Gasteiger partial charge in [0.05, 0.1) is 6.54 Å². The molecule has 1 fully saturated rings. The van der Waals surface area contributed by atoms with Crippen molar-refractivity contribution < 1.29 is 9.18 Å². The predicted molar refractivity (Wildman–Crippen MR) is 130 cm³/mol. The van der Waals surface area contributed by atoms with Gasteiger partial charge < -0.3 is 20.5 Å². The number of aromatic amines is 1. The van der Waals surface area contributed by atoms with Crippen molar-refractivity contribution in [3.05, 3.63) is 60.4 Å². The van der Waals surface area contributed by atoms with E-state index in [9.17, 15) is 9.18 Å². The topological polar surface area (TPSA) is 107 Å². The van der Waals surface area contributed by atoms with Crippen LogP contribution in [0.1, 0.15) is 0 Å². The smallest absolute Gasteiger partial charge is 0.240 e. The number of likely N-dealkylation sites (N-methyl/N-ethyl adjacent to an activating group) is 1. The molecule has 10 heteroatoms. The number of rotatable bonds is 5. The van der Waals surface area contributed by atoms with Crippen molar-refractivity contribution in [1.29, 1.82) is 0 Å². The fraction of sp³-hybridized carbons (Fsp3) is 0.250. The molecule has 2 aromatic heterocycles. The molecule has 2 aromatic carbocycles. The van der Waals surface area contributed by atoms with Crippen LogP contribution in [0.3, 0.4) is 0 Å². The Kier molecular flexibility index (Phi) is 5.81. The van der Waals surface area contributed by atoms with Gasteiger partial charge in [-0.25, -0.2) is 9.37 Å². The number of carbonyl (C=O) groups is 1. The van der Waals surface area contributed by atoms with E-state index in [0.29, 0.717) is 55.5 Å². The van der Waals surface area contributed by atoms with Crippen molar-refractivity contribution in [2.45, 2.75) is 0 Å². The van der Waals surface area contributed by atoms with Gasteiger partial charge in [-0.2, -0.15) is 9.97 Å². The summed E-state index contributed by atoms with van der Waals surface area (Å²) in [5, 5.41) is 0. The number of nitrogens with two attached hydrogens (primary N) is 1. The van der Waals surface area contributed by atoms with Crippen molar-refractivity contribution in [2.75, 3.05) is 55.3 Å². The minimum Gasteiger partial charge on any atom is -0.368 e. The Morgan fingerprint density at radius 2 is 1.74 bits per heavy atom. The molecule has 34 heavy (non-hydrogen) atoms.